The summed E-state index contributed by atoms with van der Waals surface area (Å²) >= 11 is 0. The van der Waals surface area contributed by atoms with Gasteiger partial charge in [0.05, 0.1) is 12.2 Å². The Kier molecular flexibility index (Phi) is 3.66. The average Bonchev–Trinajstić information content (AvgIpc) is 2.36. The van der Waals surface area contributed by atoms with E-state index in [-0.39, 0.29) is 0 Å². The fourth-order valence-corrected chi connectivity index (χ4v) is 1.70. The van der Waals surface area contributed by atoms with Crippen molar-refractivity contribution in [1.82, 2.24) is 19.9 Å². The molecule has 6 heteroatoms. The summed E-state index contributed by atoms with van der Waals surface area (Å²) in [7, 11) is 0. The molecular weight excluding hydrogens is 228 g/mol. The highest BCUT2D eigenvalue weighted by atomic mass is 15.0. The highest BCUT2D eigenvalue weighted by Crippen LogP contribution is 2.17. The molecule has 2 rings (SSSR count). The maximum absolute atomic E-state index is 5.81. The first-order chi connectivity index (χ1) is 8.70. The molecule has 0 radical (unpaired) electrons. The number of aryl methyl sites for hydroxylation is 1. The number of nitrogens with two attached hydrogens (primary N) is 1. The lowest BCUT2D eigenvalue weighted by Crippen LogP contribution is -2.09. The maximum Gasteiger partial charge on any atom is 0.135 e. The van der Waals surface area contributed by atoms with Gasteiger partial charge in [0.25, 0.3) is 0 Å². The van der Waals surface area contributed by atoms with E-state index in [2.05, 4.69) is 25.3 Å². The van der Waals surface area contributed by atoms with E-state index in [9.17, 15) is 0 Å². The summed E-state index contributed by atoms with van der Waals surface area (Å²) in [6, 6.07) is 1.87. The minimum absolute atomic E-state index is 0.522. The molecule has 0 aromatic carbocycles. The van der Waals surface area contributed by atoms with E-state index in [1.54, 1.807) is 6.20 Å². The van der Waals surface area contributed by atoms with Crippen molar-refractivity contribution in [3.63, 3.8) is 0 Å². The fourth-order valence-electron chi connectivity index (χ4n) is 1.70. The first-order valence-corrected chi connectivity index (χ1v) is 5.82. The van der Waals surface area contributed by atoms with Crippen LogP contribution in [-0.2, 0) is 13.0 Å². The van der Waals surface area contributed by atoms with Gasteiger partial charge in [-0.3, -0.25) is 0 Å². The third-order valence-electron chi connectivity index (χ3n) is 2.60. The standard InChI is InChI=1S/C12H16N6/c1-3-10-11(13)16-7-17-12(10)15-6-9-4-5-14-8(2)18-9/h4-5,7H,3,6H2,1-2H3,(H3,13,15,16,17). The molecule has 6 nitrogen and oxygen atoms in total. The predicted octanol–water partition coefficient (Wildman–Crippen LogP) is 1.33. The van der Waals surface area contributed by atoms with Crippen LogP contribution in [0.2, 0.25) is 0 Å². The number of nitrogens with zero attached hydrogens (tertiary/aromatic N) is 4. The molecule has 0 saturated heterocycles. The van der Waals surface area contributed by atoms with E-state index >= 15 is 0 Å². The molecule has 0 atom stereocenters. The van der Waals surface area contributed by atoms with Gasteiger partial charge in [0, 0.05) is 11.8 Å². The largest absolute Gasteiger partial charge is 0.383 e. The molecule has 0 aliphatic rings. The number of hydrogen-bond donors (Lipinski definition) is 2. The van der Waals surface area contributed by atoms with Gasteiger partial charge in [-0.25, -0.2) is 19.9 Å². The number of hydrogen-bond acceptors (Lipinski definition) is 6. The van der Waals surface area contributed by atoms with E-state index in [0.29, 0.717) is 12.4 Å². The maximum atomic E-state index is 5.81. The normalized spacial score (nSPS) is 10.3. The van der Waals surface area contributed by atoms with Crippen LogP contribution >= 0.6 is 0 Å². The number of nitrogen functional groups attached to an aromatic ring is 1. The van der Waals surface area contributed by atoms with Crippen molar-refractivity contribution < 1.29 is 0 Å². The summed E-state index contributed by atoms with van der Waals surface area (Å²) < 4.78 is 0. The Hall–Kier alpha value is -2.24. The minimum atomic E-state index is 0.522. The SMILES string of the molecule is CCc1c(N)ncnc1NCc1ccnc(C)n1. The number of nitrogens with one attached hydrogen (secondary N) is 1. The second-order valence-electron chi connectivity index (χ2n) is 3.89. The van der Waals surface area contributed by atoms with Crippen LogP contribution in [0.1, 0.15) is 24.0 Å². The summed E-state index contributed by atoms with van der Waals surface area (Å²) in [6.45, 7) is 4.48. The lowest BCUT2D eigenvalue weighted by atomic mass is 10.2. The van der Waals surface area contributed by atoms with Crippen LogP contribution < -0.4 is 11.1 Å². The molecular formula is C12H16N6. The zero-order valence-corrected chi connectivity index (χ0v) is 10.5. The summed E-state index contributed by atoms with van der Waals surface area (Å²) in [5.74, 6) is 2.04. The van der Waals surface area contributed by atoms with Crippen molar-refractivity contribution in [2.75, 3.05) is 11.1 Å². The van der Waals surface area contributed by atoms with Crippen LogP contribution in [-0.4, -0.2) is 19.9 Å². The molecule has 0 spiro atoms. The van der Waals surface area contributed by atoms with Crippen molar-refractivity contribution in [3.8, 4) is 0 Å². The molecule has 0 unspecified atom stereocenters. The van der Waals surface area contributed by atoms with Gasteiger partial charge in [-0.2, -0.15) is 0 Å². The van der Waals surface area contributed by atoms with Crippen molar-refractivity contribution in [2.45, 2.75) is 26.8 Å². The Morgan fingerprint density at radius 3 is 2.83 bits per heavy atom. The van der Waals surface area contributed by atoms with Crippen LogP contribution in [0.3, 0.4) is 0 Å². The first-order valence-electron chi connectivity index (χ1n) is 5.82. The Balaban J connectivity index is 2.13. The minimum Gasteiger partial charge on any atom is -0.383 e. The molecule has 0 bridgehead atoms. The van der Waals surface area contributed by atoms with Crippen LogP contribution in [0.25, 0.3) is 0 Å². The van der Waals surface area contributed by atoms with Gasteiger partial charge in [0.1, 0.15) is 23.8 Å². The molecule has 2 heterocycles. The summed E-state index contributed by atoms with van der Waals surface area (Å²) in [4.78, 5) is 16.6. The van der Waals surface area contributed by atoms with Gasteiger partial charge < -0.3 is 11.1 Å². The summed E-state index contributed by atoms with van der Waals surface area (Å²) in [6.07, 6.45) is 3.99. The topological polar surface area (TPSA) is 89.6 Å². The molecule has 0 fully saturated rings. The van der Waals surface area contributed by atoms with Crippen molar-refractivity contribution in [3.05, 3.63) is 35.7 Å². The lowest BCUT2D eigenvalue weighted by Gasteiger charge is -2.10. The summed E-state index contributed by atoms with van der Waals surface area (Å²) in [5, 5.41) is 3.23. The highest BCUT2D eigenvalue weighted by molar-refractivity contribution is 5.54. The molecule has 3 N–H and O–H groups in total. The monoisotopic (exact) mass is 244 g/mol. The van der Waals surface area contributed by atoms with Gasteiger partial charge in [0.15, 0.2) is 0 Å². The van der Waals surface area contributed by atoms with Crippen molar-refractivity contribution in [2.24, 2.45) is 0 Å². The lowest BCUT2D eigenvalue weighted by molar-refractivity contribution is 0.940. The van der Waals surface area contributed by atoms with E-state index in [0.717, 1.165) is 29.3 Å². The molecule has 94 valence electrons. The molecule has 2 aromatic heterocycles. The predicted molar refractivity (Wildman–Crippen MR) is 69.9 cm³/mol. The Bertz CT molecular complexity index is 540. The third-order valence-corrected chi connectivity index (χ3v) is 2.60. The number of aromatic nitrogens is 4. The highest BCUT2D eigenvalue weighted by Gasteiger charge is 2.07. The van der Waals surface area contributed by atoms with Crippen molar-refractivity contribution >= 4 is 11.6 Å². The smallest absolute Gasteiger partial charge is 0.135 e. The summed E-state index contributed by atoms with van der Waals surface area (Å²) in [5.41, 5.74) is 7.66. The average molecular weight is 244 g/mol. The Morgan fingerprint density at radius 2 is 2.11 bits per heavy atom. The zero-order valence-electron chi connectivity index (χ0n) is 10.5. The molecule has 0 amide bonds. The van der Waals surface area contributed by atoms with Crippen LogP contribution in [0, 0.1) is 6.92 Å². The molecule has 0 saturated carbocycles. The third kappa shape index (κ3) is 2.71. The second-order valence-corrected chi connectivity index (χ2v) is 3.89. The van der Waals surface area contributed by atoms with E-state index in [1.807, 2.05) is 19.9 Å². The quantitative estimate of drug-likeness (QED) is 0.843. The zero-order chi connectivity index (χ0) is 13.0. The Labute approximate surface area is 106 Å². The number of rotatable bonds is 4. The van der Waals surface area contributed by atoms with Crippen LogP contribution in [0.4, 0.5) is 11.6 Å². The van der Waals surface area contributed by atoms with E-state index < -0.39 is 0 Å². The second kappa shape index (κ2) is 5.39. The Morgan fingerprint density at radius 1 is 1.28 bits per heavy atom. The van der Waals surface area contributed by atoms with Gasteiger partial charge in [-0.05, 0) is 19.4 Å². The van der Waals surface area contributed by atoms with Gasteiger partial charge in [-0.1, -0.05) is 6.92 Å². The van der Waals surface area contributed by atoms with Gasteiger partial charge in [0.2, 0.25) is 0 Å². The van der Waals surface area contributed by atoms with Gasteiger partial charge in [-0.15, -0.1) is 0 Å². The van der Waals surface area contributed by atoms with Crippen LogP contribution in [0.15, 0.2) is 18.6 Å². The number of anilines is 2. The molecule has 18 heavy (non-hydrogen) atoms. The van der Waals surface area contributed by atoms with E-state index in [4.69, 9.17) is 5.73 Å². The molecule has 2 aromatic rings. The molecule has 0 aliphatic heterocycles. The van der Waals surface area contributed by atoms with E-state index in [1.165, 1.54) is 6.33 Å². The first kappa shape index (κ1) is 12.2. The fraction of sp³-hybridized carbons (Fsp3) is 0.333. The molecule has 0 aliphatic carbocycles. The van der Waals surface area contributed by atoms with Gasteiger partial charge >= 0.3 is 0 Å². The van der Waals surface area contributed by atoms with Crippen LogP contribution in [0.5, 0.6) is 0 Å². The van der Waals surface area contributed by atoms with Crippen molar-refractivity contribution in [1.29, 1.82) is 0 Å².